The van der Waals surface area contributed by atoms with E-state index in [1.165, 1.54) is 0 Å². The number of carbonyl (C=O) groups is 2. The largest absolute Gasteiger partial charge is 0.481 e. The molecule has 0 spiro atoms. The van der Waals surface area contributed by atoms with E-state index in [0.29, 0.717) is 19.0 Å². The van der Waals surface area contributed by atoms with Crippen molar-refractivity contribution < 1.29 is 14.7 Å². The average molecular weight is 268 g/mol. The molecule has 0 atom stereocenters. The third kappa shape index (κ3) is 5.87. The summed E-state index contributed by atoms with van der Waals surface area (Å²) in [5, 5.41) is 8.69. The van der Waals surface area contributed by atoms with E-state index in [4.69, 9.17) is 5.11 Å². The maximum atomic E-state index is 12.1. The second-order valence-corrected chi connectivity index (χ2v) is 5.23. The van der Waals surface area contributed by atoms with Crippen molar-refractivity contribution in [1.82, 2.24) is 9.80 Å². The molecule has 5 nitrogen and oxygen atoms in total. The van der Waals surface area contributed by atoms with Crippen molar-refractivity contribution in [2.75, 3.05) is 32.7 Å². The average Bonchev–Trinajstić information content (AvgIpc) is 2.37. The van der Waals surface area contributed by atoms with Gasteiger partial charge in [0, 0.05) is 26.2 Å². The van der Waals surface area contributed by atoms with E-state index in [2.05, 4.69) is 13.5 Å². The zero-order valence-electron chi connectivity index (χ0n) is 11.7. The molecular formula is C14H24N2O3. The first kappa shape index (κ1) is 15.7. The molecule has 0 aromatic carbocycles. The highest BCUT2D eigenvalue weighted by Gasteiger charge is 2.21. The molecule has 5 heteroatoms. The number of nitrogens with zero attached hydrogens (tertiary/aromatic N) is 2. The van der Waals surface area contributed by atoms with E-state index in [1.807, 2.05) is 9.80 Å². The molecule has 1 heterocycles. The van der Waals surface area contributed by atoms with Crippen LogP contribution >= 0.6 is 0 Å². The number of hydrogen-bond donors (Lipinski definition) is 1. The summed E-state index contributed by atoms with van der Waals surface area (Å²) < 4.78 is 0. The van der Waals surface area contributed by atoms with Crippen LogP contribution in [-0.4, -0.2) is 59.5 Å². The summed E-state index contributed by atoms with van der Waals surface area (Å²) in [6.07, 6.45) is 3.87. The number of amides is 1. The Hall–Kier alpha value is -1.36. The lowest BCUT2D eigenvalue weighted by Gasteiger charge is -2.32. The van der Waals surface area contributed by atoms with Gasteiger partial charge in [0.25, 0.3) is 0 Å². The maximum absolute atomic E-state index is 12.1. The third-order valence-corrected chi connectivity index (χ3v) is 3.52. The monoisotopic (exact) mass is 268 g/mol. The normalized spacial score (nSPS) is 16.6. The van der Waals surface area contributed by atoms with Crippen molar-refractivity contribution in [3.8, 4) is 0 Å². The molecule has 19 heavy (non-hydrogen) atoms. The van der Waals surface area contributed by atoms with Gasteiger partial charge < -0.3 is 10.0 Å². The molecule has 1 N–H and O–H groups in total. The first-order chi connectivity index (χ1) is 9.02. The van der Waals surface area contributed by atoms with Gasteiger partial charge in [0.15, 0.2) is 0 Å². The highest BCUT2D eigenvalue weighted by molar-refractivity contribution is 5.78. The second-order valence-electron chi connectivity index (χ2n) is 5.23. The number of carbonyl (C=O) groups excluding carboxylic acids is 1. The van der Waals surface area contributed by atoms with Crippen molar-refractivity contribution in [2.45, 2.75) is 26.2 Å². The van der Waals surface area contributed by atoms with Crippen LogP contribution in [0.1, 0.15) is 26.2 Å². The number of carboxylic acids is 1. The molecule has 108 valence electrons. The minimum Gasteiger partial charge on any atom is -0.481 e. The first-order valence-electron chi connectivity index (χ1n) is 6.85. The molecule has 0 aromatic rings. The summed E-state index contributed by atoms with van der Waals surface area (Å²) in [6.45, 7) is 8.71. The van der Waals surface area contributed by atoms with Crippen LogP contribution in [0, 0.1) is 5.92 Å². The number of aliphatic carboxylic acids is 1. The Kier molecular flexibility index (Phi) is 6.56. The quantitative estimate of drug-likeness (QED) is 0.705. The molecule has 0 aliphatic carbocycles. The smallest absolute Gasteiger partial charge is 0.304 e. The Bertz CT molecular complexity index is 323. The first-order valence-corrected chi connectivity index (χ1v) is 6.85. The molecule has 0 unspecified atom stereocenters. The summed E-state index contributed by atoms with van der Waals surface area (Å²) in [5.41, 5.74) is 0. The number of hydrogen-bond acceptors (Lipinski definition) is 3. The van der Waals surface area contributed by atoms with Crippen LogP contribution in [0.3, 0.4) is 0 Å². The zero-order valence-corrected chi connectivity index (χ0v) is 11.7. The Labute approximate surface area is 114 Å². The molecular weight excluding hydrogens is 244 g/mol. The summed E-state index contributed by atoms with van der Waals surface area (Å²) in [5.74, 6) is -0.0483. The molecule has 1 amide bonds. The van der Waals surface area contributed by atoms with Crippen LogP contribution in [-0.2, 0) is 9.59 Å². The van der Waals surface area contributed by atoms with Crippen LogP contribution < -0.4 is 0 Å². The SMILES string of the molecule is C=CCN(CCC(=O)O)CC(=O)N1CCC(C)CC1. The predicted octanol–water partition coefficient (Wildman–Crippen LogP) is 1.21. The molecule has 0 aromatic heterocycles. The molecule has 0 bridgehead atoms. The lowest BCUT2D eigenvalue weighted by Crippen LogP contribution is -2.44. The van der Waals surface area contributed by atoms with Gasteiger partial charge in [-0.2, -0.15) is 0 Å². The second kappa shape index (κ2) is 7.94. The van der Waals surface area contributed by atoms with E-state index >= 15 is 0 Å². The fraction of sp³-hybridized carbons (Fsp3) is 0.714. The summed E-state index contributed by atoms with van der Waals surface area (Å²) in [7, 11) is 0. The fourth-order valence-corrected chi connectivity index (χ4v) is 2.22. The highest BCUT2D eigenvalue weighted by Crippen LogP contribution is 2.16. The topological polar surface area (TPSA) is 60.9 Å². The Morgan fingerprint density at radius 3 is 2.58 bits per heavy atom. The molecule has 1 aliphatic heterocycles. The maximum Gasteiger partial charge on any atom is 0.304 e. The van der Waals surface area contributed by atoms with Gasteiger partial charge in [0.2, 0.25) is 5.91 Å². The minimum atomic E-state index is -0.840. The molecule has 0 saturated carbocycles. The van der Waals surface area contributed by atoms with Gasteiger partial charge in [0.05, 0.1) is 13.0 Å². The Morgan fingerprint density at radius 2 is 2.05 bits per heavy atom. The fourth-order valence-electron chi connectivity index (χ4n) is 2.22. The van der Waals surface area contributed by atoms with Gasteiger partial charge in [-0.1, -0.05) is 13.0 Å². The zero-order chi connectivity index (χ0) is 14.3. The number of piperidine rings is 1. The van der Waals surface area contributed by atoms with E-state index in [9.17, 15) is 9.59 Å². The molecule has 1 aliphatic rings. The van der Waals surface area contributed by atoms with Crippen molar-refractivity contribution in [3.63, 3.8) is 0 Å². The van der Waals surface area contributed by atoms with E-state index < -0.39 is 5.97 Å². The van der Waals surface area contributed by atoms with E-state index in [1.54, 1.807) is 6.08 Å². The van der Waals surface area contributed by atoms with Gasteiger partial charge in [-0.15, -0.1) is 6.58 Å². The van der Waals surface area contributed by atoms with Gasteiger partial charge in [0.1, 0.15) is 0 Å². The van der Waals surface area contributed by atoms with Crippen LogP contribution in [0.25, 0.3) is 0 Å². The lowest BCUT2D eigenvalue weighted by molar-refractivity contribution is -0.138. The Morgan fingerprint density at radius 1 is 1.42 bits per heavy atom. The van der Waals surface area contributed by atoms with E-state index in [-0.39, 0.29) is 18.9 Å². The molecule has 1 rings (SSSR count). The standard InChI is InChI=1S/C14H24N2O3/c1-3-7-15(8-6-14(18)19)11-13(17)16-9-4-12(2)5-10-16/h3,12H,1,4-11H2,2H3,(H,18,19). The predicted molar refractivity (Wildman–Crippen MR) is 73.9 cm³/mol. The van der Waals surface area contributed by atoms with Crippen molar-refractivity contribution in [2.24, 2.45) is 5.92 Å². The van der Waals surface area contributed by atoms with E-state index in [0.717, 1.165) is 25.9 Å². The number of carboxylic acid groups (broad SMARTS) is 1. The van der Waals surface area contributed by atoms with Crippen LogP contribution in [0.5, 0.6) is 0 Å². The molecule has 1 fully saturated rings. The van der Waals surface area contributed by atoms with Crippen LogP contribution in [0.15, 0.2) is 12.7 Å². The summed E-state index contributed by atoms with van der Waals surface area (Å²) in [6, 6.07) is 0. The minimum absolute atomic E-state index is 0.0537. The third-order valence-electron chi connectivity index (χ3n) is 3.52. The lowest BCUT2D eigenvalue weighted by atomic mass is 9.99. The van der Waals surface area contributed by atoms with Gasteiger partial charge in [-0.25, -0.2) is 0 Å². The summed E-state index contributed by atoms with van der Waals surface area (Å²) in [4.78, 5) is 26.4. The van der Waals surface area contributed by atoms with Crippen LogP contribution in [0.2, 0.25) is 0 Å². The Balaban J connectivity index is 2.41. The van der Waals surface area contributed by atoms with Gasteiger partial charge in [-0.3, -0.25) is 14.5 Å². The van der Waals surface area contributed by atoms with Gasteiger partial charge >= 0.3 is 5.97 Å². The molecule has 1 saturated heterocycles. The summed E-state index contributed by atoms with van der Waals surface area (Å²) >= 11 is 0. The number of likely N-dealkylation sites (tertiary alicyclic amines) is 1. The highest BCUT2D eigenvalue weighted by atomic mass is 16.4. The van der Waals surface area contributed by atoms with Crippen molar-refractivity contribution in [3.05, 3.63) is 12.7 Å². The van der Waals surface area contributed by atoms with Gasteiger partial charge in [-0.05, 0) is 18.8 Å². The number of rotatable bonds is 7. The van der Waals surface area contributed by atoms with Crippen molar-refractivity contribution in [1.29, 1.82) is 0 Å². The molecule has 0 radical (unpaired) electrons. The van der Waals surface area contributed by atoms with Crippen molar-refractivity contribution >= 4 is 11.9 Å². The van der Waals surface area contributed by atoms with Crippen LogP contribution in [0.4, 0.5) is 0 Å².